The highest BCUT2D eigenvalue weighted by Gasteiger charge is 2.51. The number of alkyl halides is 2. The third-order valence-corrected chi connectivity index (χ3v) is 6.24. The quantitative estimate of drug-likeness (QED) is 0.448. The molecule has 3 aromatic rings. The molecule has 2 aromatic heterocycles. The molecule has 0 spiro atoms. The van der Waals surface area contributed by atoms with Crippen molar-refractivity contribution in [2.75, 3.05) is 13.7 Å². The van der Waals surface area contributed by atoms with Gasteiger partial charge in [-0.3, -0.25) is 14.0 Å². The van der Waals surface area contributed by atoms with Crippen molar-refractivity contribution in [1.82, 2.24) is 14.7 Å². The number of nitrogens with one attached hydrogen (secondary N) is 1. The van der Waals surface area contributed by atoms with Crippen molar-refractivity contribution in [3.63, 3.8) is 0 Å². The Kier molecular flexibility index (Phi) is 5.70. The maximum Gasteiger partial charge on any atom is 0.387 e. The highest BCUT2D eigenvalue weighted by molar-refractivity contribution is 6.01. The fourth-order valence-electron chi connectivity index (χ4n) is 3.85. The van der Waals surface area contributed by atoms with Gasteiger partial charge in [-0.05, 0) is 43.9 Å². The molecule has 0 saturated heterocycles. The maximum absolute atomic E-state index is 13.2. The summed E-state index contributed by atoms with van der Waals surface area (Å²) in [4.78, 5) is 28.4. The van der Waals surface area contributed by atoms with Gasteiger partial charge in [0, 0.05) is 23.9 Å². The molecule has 1 aromatic carbocycles. The predicted molar refractivity (Wildman–Crippen MR) is 119 cm³/mol. The predicted octanol–water partition coefficient (Wildman–Crippen LogP) is 3.75. The van der Waals surface area contributed by atoms with Crippen LogP contribution in [0.5, 0.6) is 17.2 Å². The van der Waals surface area contributed by atoms with Crippen molar-refractivity contribution in [3.8, 4) is 28.5 Å². The molecule has 184 valence electrons. The first-order valence-corrected chi connectivity index (χ1v) is 11.1. The second-order valence-electron chi connectivity index (χ2n) is 8.79. The first-order valence-electron chi connectivity index (χ1n) is 11.1. The van der Waals surface area contributed by atoms with Crippen LogP contribution in [0, 0.1) is 5.41 Å². The number of hydrogen-bond donors (Lipinski definition) is 2. The zero-order valence-electron chi connectivity index (χ0n) is 18.8. The van der Waals surface area contributed by atoms with E-state index >= 15 is 0 Å². The number of fused-ring (bicyclic) bond motifs is 1. The van der Waals surface area contributed by atoms with Crippen LogP contribution in [0.25, 0.3) is 16.9 Å². The number of imidazole rings is 1. The lowest BCUT2D eigenvalue weighted by Crippen LogP contribution is -2.26. The normalized spacial score (nSPS) is 16.2. The topological polar surface area (TPSA) is 111 Å². The molecule has 0 unspecified atom stereocenters. The van der Waals surface area contributed by atoms with E-state index in [0.717, 1.165) is 12.8 Å². The van der Waals surface area contributed by atoms with E-state index in [1.54, 1.807) is 35.0 Å². The molecule has 5 rings (SSSR count). The lowest BCUT2D eigenvalue weighted by Gasteiger charge is -2.16. The number of aliphatic carboxylic acids is 1. The Bertz CT molecular complexity index is 1300. The highest BCUT2D eigenvalue weighted by Crippen LogP contribution is 2.46. The first kappa shape index (κ1) is 22.9. The van der Waals surface area contributed by atoms with Crippen LogP contribution < -0.4 is 19.5 Å². The third-order valence-electron chi connectivity index (χ3n) is 6.24. The molecule has 2 saturated carbocycles. The summed E-state index contributed by atoms with van der Waals surface area (Å²) >= 11 is 0. The van der Waals surface area contributed by atoms with Gasteiger partial charge >= 0.3 is 12.6 Å². The summed E-state index contributed by atoms with van der Waals surface area (Å²) in [5.41, 5.74) is 0.577. The van der Waals surface area contributed by atoms with E-state index in [4.69, 9.17) is 14.2 Å². The van der Waals surface area contributed by atoms with E-state index in [0.29, 0.717) is 35.5 Å². The number of nitrogens with zero attached hydrogens (tertiary/aromatic N) is 2. The fraction of sp³-hybridized carbons (Fsp3) is 0.375. The number of carbonyl (C=O) groups is 2. The Morgan fingerprint density at radius 3 is 2.63 bits per heavy atom. The number of hydrogen-bond acceptors (Lipinski definition) is 6. The van der Waals surface area contributed by atoms with Gasteiger partial charge in [-0.2, -0.15) is 8.78 Å². The number of aromatic nitrogens is 2. The zero-order chi connectivity index (χ0) is 24.7. The molecular weight excluding hydrogens is 464 g/mol. The minimum absolute atomic E-state index is 0.0202. The number of methoxy groups -OCH3 is 1. The SMILES string of the molecule is COc1cc(-c2cnc3cc(OCC4(C(=O)O)CC4)ccn23)cc(OC(F)F)c1C(=O)NC1CC1. The molecule has 0 atom stereocenters. The molecule has 0 bridgehead atoms. The average Bonchev–Trinajstić information content (AvgIpc) is 3.75. The van der Waals surface area contributed by atoms with Crippen LogP contribution in [0.4, 0.5) is 8.78 Å². The second-order valence-corrected chi connectivity index (χ2v) is 8.79. The molecule has 0 aliphatic heterocycles. The summed E-state index contributed by atoms with van der Waals surface area (Å²) in [6.45, 7) is -3.06. The van der Waals surface area contributed by atoms with Gasteiger partial charge in [0.05, 0.1) is 19.0 Å². The van der Waals surface area contributed by atoms with Gasteiger partial charge in [0.25, 0.3) is 5.91 Å². The number of carbonyl (C=O) groups excluding carboxylic acids is 1. The van der Waals surface area contributed by atoms with Gasteiger partial charge in [-0.25, -0.2) is 4.98 Å². The molecule has 2 N–H and O–H groups in total. The smallest absolute Gasteiger partial charge is 0.387 e. The van der Waals surface area contributed by atoms with Crippen molar-refractivity contribution >= 4 is 17.5 Å². The van der Waals surface area contributed by atoms with Crippen LogP contribution in [-0.2, 0) is 4.79 Å². The van der Waals surface area contributed by atoms with Crippen molar-refractivity contribution < 1.29 is 37.7 Å². The minimum Gasteiger partial charge on any atom is -0.496 e. The van der Waals surface area contributed by atoms with E-state index in [1.165, 1.54) is 13.2 Å². The number of pyridine rings is 1. The number of amides is 1. The Balaban J connectivity index is 1.47. The second kappa shape index (κ2) is 8.71. The molecule has 2 aliphatic carbocycles. The monoisotopic (exact) mass is 487 g/mol. The Morgan fingerprint density at radius 2 is 2.00 bits per heavy atom. The van der Waals surface area contributed by atoms with E-state index in [2.05, 4.69) is 10.3 Å². The third kappa shape index (κ3) is 4.58. The van der Waals surface area contributed by atoms with Gasteiger partial charge in [0.1, 0.15) is 40.5 Å². The summed E-state index contributed by atoms with van der Waals surface area (Å²) in [7, 11) is 1.35. The first-order chi connectivity index (χ1) is 16.8. The lowest BCUT2D eigenvalue weighted by molar-refractivity contribution is -0.144. The summed E-state index contributed by atoms with van der Waals surface area (Å²) in [6, 6.07) is 6.27. The average molecular weight is 487 g/mol. The van der Waals surface area contributed by atoms with Gasteiger partial charge < -0.3 is 24.6 Å². The van der Waals surface area contributed by atoms with Crippen molar-refractivity contribution in [3.05, 3.63) is 42.2 Å². The van der Waals surface area contributed by atoms with Crippen LogP contribution >= 0.6 is 0 Å². The molecule has 1 amide bonds. The van der Waals surface area contributed by atoms with E-state index < -0.39 is 23.9 Å². The fourth-order valence-corrected chi connectivity index (χ4v) is 3.85. The van der Waals surface area contributed by atoms with Crippen LogP contribution in [0.15, 0.2) is 36.7 Å². The Morgan fingerprint density at radius 1 is 1.26 bits per heavy atom. The minimum atomic E-state index is -3.13. The Hall–Kier alpha value is -3.89. The van der Waals surface area contributed by atoms with Gasteiger partial charge in [0.2, 0.25) is 0 Å². The number of halogens is 2. The maximum atomic E-state index is 13.2. The van der Waals surface area contributed by atoms with Gasteiger partial charge in [-0.15, -0.1) is 0 Å². The molecule has 11 heteroatoms. The van der Waals surface area contributed by atoms with Crippen LogP contribution in [0.2, 0.25) is 0 Å². The molecule has 35 heavy (non-hydrogen) atoms. The summed E-state index contributed by atoms with van der Waals surface area (Å²) in [5, 5.41) is 12.1. The van der Waals surface area contributed by atoms with E-state index in [9.17, 15) is 23.5 Å². The van der Waals surface area contributed by atoms with E-state index in [1.807, 2.05) is 0 Å². The van der Waals surface area contributed by atoms with Crippen LogP contribution in [0.1, 0.15) is 36.0 Å². The largest absolute Gasteiger partial charge is 0.496 e. The van der Waals surface area contributed by atoms with Gasteiger partial charge in [0.15, 0.2) is 0 Å². The lowest BCUT2D eigenvalue weighted by atomic mass is 10.1. The molecule has 2 aliphatic rings. The van der Waals surface area contributed by atoms with Crippen molar-refractivity contribution in [2.24, 2.45) is 5.41 Å². The zero-order valence-corrected chi connectivity index (χ0v) is 18.8. The van der Waals surface area contributed by atoms with Gasteiger partial charge in [-0.1, -0.05) is 0 Å². The molecular formula is C24H23F2N3O6. The standard InChI is InChI=1S/C24H23F2N3O6/c1-33-17-8-13(9-18(35-23(25)26)20(17)21(30)28-14-2-3-14)16-11-27-19-10-15(4-7-29(16)19)34-12-24(5-6-24)22(31)32/h4,7-11,14,23H,2-3,5-6,12H2,1H3,(H,28,30)(H,31,32). The highest BCUT2D eigenvalue weighted by atomic mass is 19.3. The molecule has 0 radical (unpaired) electrons. The van der Waals surface area contributed by atoms with Crippen molar-refractivity contribution in [2.45, 2.75) is 38.3 Å². The van der Waals surface area contributed by atoms with Crippen molar-refractivity contribution in [1.29, 1.82) is 0 Å². The summed E-state index contributed by atoms with van der Waals surface area (Å²) < 4.78 is 43.9. The number of ether oxygens (including phenoxy) is 3. The van der Waals surface area contributed by atoms with Crippen LogP contribution in [0.3, 0.4) is 0 Å². The number of rotatable bonds is 10. The molecule has 2 heterocycles. The Labute approximate surface area is 198 Å². The summed E-state index contributed by atoms with van der Waals surface area (Å²) in [5.74, 6) is -1.15. The number of carboxylic acid groups (broad SMARTS) is 1. The summed E-state index contributed by atoms with van der Waals surface area (Å²) in [6.07, 6.45) is 6.06. The molecule has 9 nitrogen and oxygen atoms in total. The number of benzene rings is 1. The number of carboxylic acids is 1. The van der Waals surface area contributed by atoms with Crippen LogP contribution in [-0.4, -0.2) is 52.7 Å². The van der Waals surface area contributed by atoms with E-state index in [-0.39, 0.29) is 29.7 Å². The molecule has 2 fully saturated rings.